The van der Waals surface area contributed by atoms with Crippen molar-refractivity contribution in [3.63, 3.8) is 0 Å². The van der Waals surface area contributed by atoms with Crippen LogP contribution in [-0.4, -0.2) is 39.3 Å². The summed E-state index contributed by atoms with van der Waals surface area (Å²) < 4.78 is 5.29. The molecule has 0 amide bonds. The molecule has 0 spiro atoms. The highest BCUT2D eigenvalue weighted by Crippen LogP contribution is 2.13. The average Bonchev–Trinajstić information content (AvgIpc) is 2.90. The minimum absolute atomic E-state index is 0.148. The van der Waals surface area contributed by atoms with E-state index in [1.165, 1.54) is 5.56 Å². The van der Waals surface area contributed by atoms with Gasteiger partial charge in [-0.3, -0.25) is 4.90 Å². The Bertz CT molecular complexity index is 533. The lowest BCUT2D eigenvalue weighted by Gasteiger charge is -2.28. The number of piperidine rings is 1. The molecule has 1 aliphatic rings. The second-order valence-electron chi connectivity index (χ2n) is 5.27. The van der Waals surface area contributed by atoms with E-state index in [2.05, 4.69) is 27.2 Å². The van der Waals surface area contributed by atoms with Gasteiger partial charge in [-0.05, 0) is 18.4 Å². The Morgan fingerprint density at radius 3 is 2.70 bits per heavy atom. The van der Waals surface area contributed by atoms with Gasteiger partial charge in [-0.25, -0.2) is 0 Å². The number of likely N-dealkylation sites (tertiary alicyclic amines) is 1. The summed E-state index contributed by atoms with van der Waals surface area (Å²) in [6.07, 6.45) is 2.18. The molecule has 0 aliphatic carbocycles. The number of aliphatic hydroxyl groups is 1. The molecule has 3 rings (SSSR count). The molecule has 1 aromatic carbocycles. The number of aromatic nitrogens is 2. The molecular weight excluding hydrogens is 254 g/mol. The number of aliphatic hydroxyl groups excluding tert-OH is 1. The minimum Gasteiger partial charge on any atom is -0.393 e. The quantitative estimate of drug-likeness (QED) is 0.917. The van der Waals surface area contributed by atoms with E-state index >= 15 is 0 Å². The Hall–Kier alpha value is -1.72. The van der Waals surface area contributed by atoms with Gasteiger partial charge < -0.3 is 9.63 Å². The summed E-state index contributed by atoms with van der Waals surface area (Å²) in [7, 11) is 0. The van der Waals surface area contributed by atoms with Crippen LogP contribution in [0.25, 0.3) is 0 Å². The smallest absolute Gasteiger partial charge is 0.231 e. The van der Waals surface area contributed by atoms with Gasteiger partial charge in [0.2, 0.25) is 5.89 Å². The fourth-order valence-corrected chi connectivity index (χ4v) is 2.47. The second kappa shape index (κ2) is 6.15. The van der Waals surface area contributed by atoms with Gasteiger partial charge in [-0.15, -0.1) is 0 Å². The standard InChI is InChI=1S/C15H19N3O2/c19-13-6-8-18(9-7-13)11-14-16-15(20-17-14)10-12-4-2-1-3-5-12/h1-5,13,19H,6-11H2. The summed E-state index contributed by atoms with van der Waals surface area (Å²) in [5.74, 6) is 1.38. The fraction of sp³-hybridized carbons (Fsp3) is 0.467. The molecule has 5 nitrogen and oxygen atoms in total. The number of rotatable bonds is 4. The van der Waals surface area contributed by atoms with Crippen LogP contribution in [0.1, 0.15) is 30.1 Å². The highest BCUT2D eigenvalue weighted by Gasteiger charge is 2.18. The minimum atomic E-state index is -0.148. The molecule has 20 heavy (non-hydrogen) atoms. The van der Waals surface area contributed by atoms with E-state index in [1.807, 2.05) is 18.2 Å². The average molecular weight is 273 g/mol. The normalized spacial score (nSPS) is 17.4. The zero-order chi connectivity index (χ0) is 13.8. The first-order valence-corrected chi connectivity index (χ1v) is 7.05. The second-order valence-corrected chi connectivity index (χ2v) is 5.27. The van der Waals surface area contributed by atoms with Gasteiger partial charge in [-0.1, -0.05) is 35.5 Å². The summed E-state index contributed by atoms with van der Waals surface area (Å²) in [4.78, 5) is 6.69. The number of hydrogen-bond donors (Lipinski definition) is 1. The first-order valence-electron chi connectivity index (χ1n) is 7.05. The highest BCUT2D eigenvalue weighted by atomic mass is 16.5. The molecule has 1 N–H and O–H groups in total. The van der Waals surface area contributed by atoms with E-state index in [4.69, 9.17) is 4.52 Å². The van der Waals surface area contributed by atoms with Crippen molar-refractivity contribution in [3.05, 3.63) is 47.6 Å². The van der Waals surface area contributed by atoms with Crippen LogP contribution in [0, 0.1) is 0 Å². The zero-order valence-electron chi connectivity index (χ0n) is 11.4. The topological polar surface area (TPSA) is 62.4 Å². The molecule has 1 saturated heterocycles. The summed E-state index contributed by atoms with van der Waals surface area (Å²) in [6, 6.07) is 10.1. The maximum atomic E-state index is 9.48. The Kier molecular flexibility index (Phi) is 4.08. The first-order chi connectivity index (χ1) is 9.79. The summed E-state index contributed by atoms with van der Waals surface area (Å²) in [5.41, 5.74) is 1.17. The summed E-state index contributed by atoms with van der Waals surface area (Å²) >= 11 is 0. The molecule has 0 radical (unpaired) electrons. The van der Waals surface area contributed by atoms with E-state index < -0.39 is 0 Å². The molecule has 0 unspecified atom stereocenters. The van der Waals surface area contributed by atoms with Gasteiger partial charge in [-0.2, -0.15) is 4.98 Å². The van der Waals surface area contributed by atoms with Gasteiger partial charge in [0.05, 0.1) is 19.1 Å². The third-order valence-corrected chi connectivity index (χ3v) is 3.63. The largest absolute Gasteiger partial charge is 0.393 e. The lowest BCUT2D eigenvalue weighted by molar-refractivity contribution is 0.0777. The Labute approximate surface area is 118 Å². The van der Waals surface area contributed by atoms with Crippen LogP contribution in [0.3, 0.4) is 0 Å². The molecule has 0 bridgehead atoms. The van der Waals surface area contributed by atoms with Crippen LogP contribution in [0.2, 0.25) is 0 Å². The molecular formula is C15H19N3O2. The van der Waals surface area contributed by atoms with Crippen LogP contribution in [-0.2, 0) is 13.0 Å². The van der Waals surface area contributed by atoms with Crippen LogP contribution < -0.4 is 0 Å². The summed E-state index contributed by atoms with van der Waals surface area (Å²) in [6.45, 7) is 2.48. The molecule has 2 heterocycles. The monoisotopic (exact) mass is 273 g/mol. The zero-order valence-corrected chi connectivity index (χ0v) is 11.4. The van der Waals surface area contributed by atoms with E-state index in [-0.39, 0.29) is 6.10 Å². The van der Waals surface area contributed by atoms with Crippen LogP contribution in [0.4, 0.5) is 0 Å². The molecule has 2 aromatic rings. The van der Waals surface area contributed by atoms with E-state index in [0.29, 0.717) is 18.9 Å². The molecule has 0 saturated carbocycles. The molecule has 1 aliphatic heterocycles. The Balaban J connectivity index is 1.57. The van der Waals surface area contributed by atoms with E-state index in [1.54, 1.807) is 0 Å². The third kappa shape index (κ3) is 3.43. The summed E-state index contributed by atoms with van der Waals surface area (Å²) in [5, 5.41) is 13.5. The first kappa shape index (κ1) is 13.3. The van der Waals surface area contributed by atoms with Crippen LogP contribution in [0.5, 0.6) is 0 Å². The fourth-order valence-electron chi connectivity index (χ4n) is 2.47. The molecule has 0 atom stereocenters. The molecule has 5 heteroatoms. The number of benzene rings is 1. The number of nitrogens with zero attached hydrogens (tertiary/aromatic N) is 3. The van der Waals surface area contributed by atoms with Crippen molar-refractivity contribution < 1.29 is 9.63 Å². The van der Waals surface area contributed by atoms with Crippen molar-refractivity contribution >= 4 is 0 Å². The van der Waals surface area contributed by atoms with Crippen molar-refractivity contribution in [2.75, 3.05) is 13.1 Å². The SMILES string of the molecule is OC1CCN(Cc2noc(Cc3ccccc3)n2)CC1. The van der Waals surface area contributed by atoms with E-state index in [9.17, 15) is 5.11 Å². The van der Waals surface area contributed by atoms with Gasteiger partial charge in [0.25, 0.3) is 0 Å². The lowest BCUT2D eigenvalue weighted by Crippen LogP contribution is -2.35. The van der Waals surface area contributed by atoms with E-state index in [0.717, 1.165) is 31.8 Å². The van der Waals surface area contributed by atoms with Crippen molar-refractivity contribution in [2.45, 2.75) is 31.9 Å². The predicted molar refractivity (Wildman–Crippen MR) is 74.1 cm³/mol. The van der Waals surface area contributed by atoms with Gasteiger partial charge >= 0.3 is 0 Å². The number of hydrogen-bond acceptors (Lipinski definition) is 5. The molecule has 106 valence electrons. The lowest BCUT2D eigenvalue weighted by atomic mass is 10.1. The maximum absolute atomic E-state index is 9.48. The Morgan fingerprint density at radius 1 is 1.20 bits per heavy atom. The van der Waals surface area contributed by atoms with Crippen molar-refractivity contribution in [1.82, 2.24) is 15.0 Å². The van der Waals surface area contributed by atoms with Gasteiger partial charge in [0, 0.05) is 13.1 Å². The molecule has 1 aromatic heterocycles. The molecule has 1 fully saturated rings. The van der Waals surface area contributed by atoms with Gasteiger partial charge in [0.15, 0.2) is 5.82 Å². The maximum Gasteiger partial charge on any atom is 0.231 e. The van der Waals surface area contributed by atoms with Crippen molar-refractivity contribution in [1.29, 1.82) is 0 Å². The van der Waals surface area contributed by atoms with Crippen LogP contribution >= 0.6 is 0 Å². The van der Waals surface area contributed by atoms with Crippen LogP contribution in [0.15, 0.2) is 34.9 Å². The third-order valence-electron chi connectivity index (χ3n) is 3.63. The van der Waals surface area contributed by atoms with Crippen molar-refractivity contribution in [3.8, 4) is 0 Å². The van der Waals surface area contributed by atoms with Crippen molar-refractivity contribution in [2.24, 2.45) is 0 Å². The highest BCUT2D eigenvalue weighted by molar-refractivity contribution is 5.17. The predicted octanol–water partition coefficient (Wildman–Crippen LogP) is 1.62. The Morgan fingerprint density at radius 2 is 1.95 bits per heavy atom. The van der Waals surface area contributed by atoms with Gasteiger partial charge in [0.1, 0.15) is 0 Å².